The lowest BCUT2D eigenvalue weighted by Crippen LogP contribution is -2.55. The van der Waals surface area contributed by atoms with Gasteiger partial charge in [0.1, 0.15) is 12.3 Å². The van der Waals surface area contributed by atoms with Crippen molar-refractivity contribution in [2.24, 2.45) is 5.73 Å². The number of benzene rings is 1. The fraction of sp³-hybridized carbons (Fsp3) is 0.556. The van der Waals surface area contributed by atoms with E-state index in [1.807, 2.05) is 39.0 Å². The van der Waals surface area contributed by atoms with Gasteiger partial charge in [0, 0.05) is 12.1 Å². The number of hydrogen-bond donors (Lipinski definition) is 2. The van der Waals surface area contributed by atoms with Crippen LogP contribution in [0.5, 0.6) is 5.75 Å². The molecule has 1 aromatic carbocycles. The number of carbonyl (C=O) groups is 2. The summed E-state index contributed by atoms with van der Waals surface area (Å²) in [4.78, 5) is 26.6. The average molecular weight is 333 g/mol. The molecule has 2 unspecified atom stereocenters. The summed E-state index contributed by atoms with van der Waals surface area (Å²) >= 11 is 0. The van der Waals surface area contributed by atoms with Crippen molar-refractivity contribution in [2.45, 2.75) is 58.7 Å². The summed E-state index contributed by atoms with van der Waals surface area (Å²) < 4.78 is 5.82. The van der Waals surface area contributed by atoms with E-state index >= 15 is 0 Å². The summed E-state index contributed by atoms with van der Waals surface area (Å²) in [5, 5.41) is 2.89. The van der Waals surface area contributed by atoms with E-state index in [4.69, 9.17) is 10.5 Å². The maximum atomic E-state index is 12.8. The van der Waals surface area contributed by atoms with Gasteiger partial charge in [-0.1, -0.05) is 13.0 Å². The van der Waals surface area contributed by atoms with Crippen LogP contribution in [0.25, 0.3) is 0 Å². The molecule has 2 rings (SSSR count). The van der Waals surface area contributed by atoms with E-state index in [2.05, 4.69) is 5.32 Å². The minimum atomic E-state index is -1.01. The van der Waals surface area contributed by atoms with Gasteiger partial charge in [-0.05, 0) is 51.8 Å². The lowest BCUT2D eigenvalue weighted by atomic mass is 10.0. The fourth-order valence-corrected chi connectivity index (χ4v) is 2.59. The van der Waals surface area contributed by atoms with E-state index in [0.717, 1.165) is 12.0 Å². The molecule has 0 bridgehead atoms. The van der Waals surface area contributed by atoms with E-state index in [-0.39, 0.29) is 30.4 Å². The molecule has 1 aromatic rings. The first-order valence-corrected chi connectivity index (χ1v) is 8.35. The van der Waals surface area contributed by atoms with Gasteiger partial charge < -0.3 is 15.8 Å². The van der Waals surface area contributed by atoms with Gasteiger partial charge >= 0.3 is 0 Å². The van der Waals surface area contributed by atoms with Crippen LogP contribution in [0.1, 0.15) is 52.6 Å². The van der Waals surface area contributed by atoms with Gasteiger partial charge in [0.05, 0.1) is 5.69 Å². The van der Waals surface area contributed by atoms with Crippen molar-refractivity contribution in [3.05, 3.63) is 23.8 Å². The minimum Gasteiger partial charge on any atom is -0.476 e. The smallest absolute Gasteiger partial charge is 0.271 e. The van der Waals surface area contributed by atoms with E-state index in [0.29, 0.717) is 11.4 Å². The lowest BCUT2D eigenvalue weighted by Gasteiger charge is -2.38. The van der Waals surface area contributed by atoms with Gasteiger partial charge in [-0.3, -0.25) is 14.5 Å². The summed E-state index contributed by atoms with van der Waals surface area (Å²) in [6, 6.07) is 5.41. The molecule has 6 heteroatoms. The number of nitrogens with one attached hydrogen (secondary N) is 1. The van der Waals surface area contributed by atoms with Gasteiger partial charge in [0.25, 0.3) is 5.91 Å². The standard InChI is InChI=1S/C18H27N3O3/c1-6-11(2)20-16(22)10-21-14-9-13(12(3)19)7-8-15(14)24-18(4,5)17(21)23/h7-9,11-12H,6,10,19H2,1-5H3,(H,20,22). The number of fused-ring (bicyclic) bond motifs is 1. The van der Waals surface area contributed by atoms with Crippen molar-refractivity contribution in [1.29, 1.82) is 0 Å². The Balaban J connectivity index is 2.36. The highest BCUT2D eigenvalue weighted by atomic mass is 16.5. The second-order valence-corrected chi connectivity index (χ2v) is 6.90. The maximum Gasteiger partial charge on any atom is 0.271 e. The molecule has 0 saturated carbocycles. The molecule has 132 valence electrons. The molecule has 2 atom stereocenters. The number of anilines is 1. The minimum absolute atomic E-state index is 0.0363. The second kappa shape index (κ2) is 6.81. The van der Waals surface area contributed by atoms with Crippen LogP contribution in [-0.2, 0) is 9.59 Å². The van der Waals surface area contributed by atoms with Crippen LogP contribution >= 0.6 is 0 Å². The molecule has 0 aromatic heterocycles. The third-order valence-corrected chi connectivity index (χ3v) is 4.25. The van der Waals surface area contributed by atoms with Crippen molar-refractivity contribution < 1.29 is 14.3 Å². The molecule has 1 aliphatic heterocycles. The zero-order valence-corrected chi connectivity index (χ0v) is 15.1. The van der Waals surface area contributed by atoms with Crippen LogP contribution < -0.4 is 20.7 Å². The highest BCUT2D eigenvalue weighted by Crippen LogP contribution is 2.39. The molecule has 0 fully saturated rings. The molecule has 2 amide bonds. The van der Waals surface area contributed by atoms with Gasteiger partial charge in [0.2, 0.25) is 5.91 Å². The summed E-state index contributed by atoms with van der Waals surface area (Å²) in [5.74, 6) is 0.156. The zero-order valence-electron chi connectivity index (χ0n) is 15.1. The van der Waals surface area contributed by atoms with Crippen LogP contribution in [0, 0.1) is 0 Å². The second-order valence-electron chi connectivity index (χ2n) is 6.90. The van der Waals surface area contributed by atoms with Crippen LogP contribution in [0.4, 0.5) is 5.69 Å². The third kappa shape index (κ3) is 3.70. The zero-order chi connectivity index (χ0) is 18.1. The molecular formula is C18H27N3O3. The topological polar surface area (TPSA) is 84.7 Å². The van der Waals surface area contributed by atoms with Crippen molar-refractivity contribution in [3.8, 4) is 5.75 Å². The van der Waals surface area contributed by atoms with Crippen LogP contribution in [0.15, 0.2) is 18.2 Å². The molecule has 3 N–H and O–H groups in total. The van der Waals surface area contributed by atoms with Gasteiger partial charge in [0.15, 0.2) is 5.60 Å². The number of rotatable bonds is 5. The molecule has 1 heterocycles. The highest BCUT2D eigenvalue weighted by Gasteiger charge is 2.41. The first-order valence-electron chi connectivity index (χ1n) is 8.35. The summed E-state index contributed by atoms with van der Waals surface area (Å²) in [5.41, 5.74) is 6.40. The normalized spacial score (nSPS) is 18.4. The summed E-state index contributed by atoms with van der Waals surface area (Å²) in [7, 11) is 0. The first-order chi connectivity index (χ1) is 11.2. The number of hydrogen-bond acceptors (Lipinski definition) is 4. The molecular weight excluding hydrogens is 306 g/mol. The number of nitrogens with two attached hydrogens (primary N) is 1. The Bertz CT molecular complexity index is 640. The summed E-state index contributed by atoms with van der Waals surface area (Å²) in [6.07, 6.45) is 0.833. The third-order valence-electron chi connectivity index (χ3n) is 4.25. The molecule has 6 nitrogen and oxygen atoms in total. The average Bonchev–Trinajstić information content (AvgIpc) is 2.50. The summed E-state index contributed by atoms with van der Waals surface area (Å²) in [6.45, 7) is 9.18. The Morgan fingerprint density at radius 2 is 2.04 bits per heavy atom. The van der Waals surface area contributed by atoms with Crippen molar-refractivity contribution in [2.75, 3.05) is 11.4 Å². The van der Waals surface area contributed by atoms with Crippen molar-refractivity contribution in [1.82, 2.24) is 5.32 Å². The van der Waals surface area contributed by atoms with E-state index in [1.165, 1.54) is 4.90 Å². The predicted octanol–water partition coefficient (Wildman–Crippen LogP) is 2.12. The largest absolute Gasteiger partial charge is 0.476 e. The first kappa shape index (κ1) is 18.3. The Hall–Kier alpha value is -2.08. The Labute approximate surface area is 143 Å². The van der Waals surface area contributed by atoms with Gasteiger partial charge in [-0.2, -0.15) is 0 Å². The SMILES string of the molecule is CCC(C)NC(=O)CN1C(=O)C(C)(C)Oc2ccc(C(C)N)cc21. The monoisotopic (exact) mass is 333 g/mol. The van der Waals surface area contributed by atoms with Crippen molar-refractivity contribution >= 4 is 17.5 Å². The highest BCUT2D eigenvalue weighted by molar-refractivity contribution is 6.05. The van der Waals surface area contributed by atoms with Crippen LogP contribution in [0.3, 0.4) is 0 Å². The lowest BCUT2D eigenvalue weighted by molar-refractivity contribution is -0.134. The molecule has 1 aliphatic rings. The molecule has 0 radical (unpaired) electrons. The Morgan fingerprint density at radius 3 is 2.62 bits per heavy atom. The molecule has 0 saturated heterocycles. The van der Waals surface area contributed by atoms with Crippen molar-refractivity contribution in [3.63, 3.8) is 0 Å². The van der Waals surface area contributed by atoms with Crippen LogP contribution in [0.2, 0.25) is 0 Å². The van der Waals surface area contributed by atoms with Gasteiger partial charge in [-0.25, -0.2) is 0 Å². The quantitative estimate of drug-likeness (QED) is 0.864. The predicted molar refractivity (Wildman–Crippen MR) is 94.0 cm³/mol. The van der Waals surface area contributed by atoms with E-state index in [9.17, 15) is 9.59 Å². The molecule has 0 spiro atoms. The van der Waals surface area contributed by atoms with E-state index < -0.39 is 5.60 Å². The molecule has 0 aliphatic carbocycles. The molecule has 24 heavy (non-hydrogen) atoms. The maximum absolute atomic E-state index is 12.8. The number of carbonyl (C=O) groups excluding carboxylic acids is 2. The van der Waals surface area contributed by atoms with E-state index in [1.54, 1.807) is 13.8 Å². The van der Waals surface area contributed by atoms with Crippen LogP contribution in [-0.4, -0.2) is 30.0 Å². The Kier molecular flexibility index (Phi) is 5.18. The Morgan fingerprint density at radius 1 is 1.38 bits per heavy atom. The number of ether oxygens (including phenoxy) is 1. The number of amides is 2. The fourth-order valence-electron chi connectivity index (χ4n) is 2.59. The number of nitrogens with zero attached hydrogens (tertiary/aromatic N) is 1. The van der Waals surface area contributed by atoms with Gasteiger partial charge in [-0.15, -0.1) is 0 Å².